The van der Waals surface area contributed by atoms with Crippen molar-refractivity contribution in [1.29, 1.82) is 0 Å². The molecule has 0 aliphatic carbocycles. The fraction of sp³-hybridized carbons (Fsp3) is 0.200. The molecule has 0 fully saturated rings. The lowest BCUT2D eigenvalue weighted by Crippen LogP contribution is -2.09. The third-order valence-electron chi connectivity index (χ3n) is 1.87. The Morgan fingerprint density at radius 1 is 1.29 bits per heavy atom. The summed E-state index contributed by atoms with van der Waals surface area (Å²) in [6.45, 7) is 2.19. The minimum atomic E-state index is -4.51. The highest BCUT2D eigenvalue weighted by Gasteiger charge is 2.33. The van der Waals surface area contributed by atoms with Gasteiger partial charge in [-0.05, 0) is 11.6 Å². The van der Waals surface area contributed by atoms with Crippen molar-refractivity contribution in [2.45, 2.75) is 12.9 Å². The largest absolute Gasteiger partial charge is 0.416 e. The van der Waals surface area contributed by atoms with E-state index in [4.69, 9.17) is 0 Å². The van der Waals surface area contributed by atoms with Gasteiger partial charge in [0.15, 0.2) is 0 Å². The van der Waals surface area contributed by atoms with Gasteiger partial charge in [-0.25, -0.2) is 4.39 Å². The van der Waals surface area contributed by atoms with Crippen LogP contribution in [0.1, 0.15) is 16.7 Å². The monoisotopic (exact) mass is 204 g/mol. The van der Waals surface area contributed by atoms with Gasteiger partial charge in [0.2, 0.25) is 0 Å². The van der Waals surface area contributed by atoms with Crippen LogP contribution in [0.4, 0.5) is 17.6 Å². The van der Waals surface area contributed by atoms with Crippen LogP contribution in [0.15, 0.2) is 24.8 Å². The van der Waals surface area contributed by atoms with Crippen LogP contribution < -0.4 is 0 Å². The molecule has 1 aromatic carbocycles. The summed E-state index contributed by atoms with van der Waals surface area (Å²) in [5.41, 5.74) is -1.10. The highest BCUT2D eigenvalue weighted by atomic mass is 19.4. The van der Waals surface area contributed by atoms with Crippen LogP contribution >= 0.6 is 0 Å². The molecular formula is C10H8F4. The van der Waals surface area contributed by atoms with E-state index in [1.54, 1.807) is 0 Å². The molecule has 0 N–H and O–H groups in total. The molecule has 0 bridgehead atoms. The zero-order chi connectivity index (χ0) is 10.8. The summed E-state index contributed by atoms with van der Waals surface area (Å²) in [7, 11) is 0. The molecule has 0 aliphatic heterocycles. The molecule has 0 amide bonds. The van der Waals surface area contributed by atoms with E-state index in [0.717, 1.165) is 6.07 Å². The van der Waals surface area contributed by atoms with Gasteiger partial charge in [0.25, 0.3) is 0 Å². The molecule has 1 rings (SSSR count). The Labute approximate surface area is 78.9 Å². The maximum absolute atomic E-state index is 12.4. The fourth-order valence-electron chi connectivity index (χ4n) is 1.21. The smallest absolute Gasteiger partial charge is 0.246 e. The summed E-state index contributed by atoms with van der Waals surface area (Å²) in [5, 5.41) is 0. The normalized spacial score (nSPS) is 11.4. The number of rotatable bonds is 2. The molecule has 0 saturated carbocycles. The molecule has 1 aromatic rings. The van der Waals surface area contributed by atoms with Crippen molar-refractivity contribution < 1.29 is 17.6 Å². The van der Waals surface area contributed by atoms with E-state index in [0.29, 0.717) is 0 Å². The topological polar surface area (TPSA) is 0 Å². The van der Waals surface area contributed by atoms with Crippen LogP contribution in [0.5, 0.6) is 0 Å². The number of hydrogen-bond donors (Lipinski definition) is 0. The van der Waals surface area contributed by atoms with E-state index in [1.165, 1.54) is 18.2 Å². The van der Waals surface area contributed by atoms with E-state index < -0.39 is 18.4 Å². The van der Waals surface area contributed by atoms with Gasteiger partial charge in [-0.1, -0.05) is 24.8 Å². The van der Waals surface area contributed by atoms with E-state index in [2.05, 4.69) is 6.58 Å². The molecule has 0 radical (unpaired) electrons. The molecule has 0 saturated heterocycles. The van der Waals surface area contributed by atoms with Crippen molar-refractivity contribution in [3.8, 4) is 0 Å². The van der Waals surface area contributed by atoms with Crippen LogP contribution in [-0.4, -0.2) is 0 Å². The van der Waals surface area contributed by atoms with Crippen molar-refractivity contribution in [2.75, 3.05) is 0 Å². The lowest BCUT2D eigenvalue weighted by atomic mass is 10.0. The third-order valence-corrected chi connectivity index (χ3v) is 1.87. The Kier molecular flexibility index (Phi) is 2.93. The molecule has 0 aliphatic rings. The molecular weight excluding hydrogens is 196 g/mol. The van der Waals surface area contributed by atoms with Gasteiger partial charge < -0.3 is 0 Å². The Hall–Kier alpha value is -1.32. The summed E-state index contributed by atoms with van der Waals surface area (Å²) < 4.78 is 49.5. The summed E-state index contributed by atoms with van der Waals surface area (Å²) in [5.74, 6) is 0. The second-order valence-electron chi connectivity index (χ2n) is 2.71. The molecule has 0 heterocycles. The zero-order valence-corrected chi connectivity index (χ0v) is 7.24. The summed E-state index contributed by atoms with van der Waals surface area (Å²) >= 11 is 0. The maximum Gasteiger partial charge on any atom is 0.416 e. The average Bonchev–Trinajstić information content (AvgIpc) is 2.15. The van der Waals surface area contributed by atoms with Gasteiger partial charge in [0, 0.05) is 5.56 Å². The summed E-state index contributed by atoms with van der Waals surface area (Å²) in [4.78, 5) is 0. The SMILES string of the molecule is C=Cc1cccc(C(F)(F)F)c1CF. The standard InChI is InChI=1S/C10H8F4/c1-2-7-4-3-5-9(8(7)6-11)10(12,13)14/h2-5H,1,6H2. The first-order chi connectivity index (χ1) is 6.50. The number of hydrogen-bond acceptors (Lipinski definition) is 0. The maximum atomic E-state index is 12.4. The molecule has 0 aromatic heterocycles. The lowest BCUT2D eigenvalue weighted by molar-refractivity contribution is -0.138. The number of benzene rings is 1. The van der Waals surface area contributed by atoms with Gasteiger partial charge in [-0.15, -0.1) is 0 Å². The van der Waals surface area contributed by atoms with Gasteiger partial charge in [-0.3, -0.25) is 0 Å². The first kappa shape index (κ1) is 10.8. The average molecular weight is 204 g/mol. The van der Waals surface area contributed by atoms with Crippen molar-refractivity contribution >= 4 is 6.08 Å². The molecule has 0 atom stereocenters. The van der Waals surface area contributed by atoms with Gasteiger partial charge in [0.05, 0.1) is 5.56 Å². The minimum Gasteiger partial charge on any atom is -0.246 e. The van der Waals surface area contributed by atoms with Gasteiger partial charge >= 0.3 is 6.18 Å². The Balaban J connectivity index is 3.36. The summed E-state index contributed by atoms with van der Waals surface area (Å²) in [6.07, 6.45) is -3.30. The van der Waals surface area contributed by atoms with Crippen LogP contribution in [0.3, 0.4) is 0 Å². The second kappa shape index (κ2) is 3.82. The van der Waals surface area contributed by atoms with E-state index >= 15 is 0 Å². The van der Waals surface area contributed by atoms with Crippen LogP contribution in [0.25, 0.3) is 6.08 Å². The van der Waals surface area contributed by atoms with E-state index in [-0.39, 0.29) is 11.1 Å². The predicted octanol–water partition coefficient (Wildman–Crippen LogP) is 3.82. The molecule has 76 valence electrons. The van der Waals surface area contributed by atoms with Crippen molar-refractivity contribution in [2.24, 2.45) is 0 Å². The Morgan fingerprint density at radius 3 is 2.36 bits per heavy atom. The van der Waals surface area contributed by atoms with E-state index in [9.17, 15) is 17.6 Å². The molecule has 14 heavy (non-hydrogen) atoms. The van der Waals surface area contributed by atoms with Crippen LogP contribution in [-0.2, 0) is 12.9 Å². The molecule has 4 heteroatoms. The predicted molar refractivity (Wildman–Crippen MR) is 46.3 cm³/mol. The Morgan fingerprint density at radius 2 is 1.93 bits per heavy atom. The highest BCUT2D eigenvalue weighted by Crippen LogP contribution is 2.34. The van der Waals surface area contributed by atoms with E-state index in [1.807, 2.05) is 0 Å². The van der Waals surface area contributed by atoms with Crippen LogP contribution in [0.2, 0.25) is 0 Å². The van der Waals surface area contributed by atoms with Gasteiger partial charge in [0.1, 0.15) is 6.67 Å². The van der Waals surface area contributed by atoms with Crippen LogP contribution in [0, 0.1) is 0 Å². The highest BCUT2D eigenvalue weighted by molar-refractivity contribution is 5.54. The fourth-order valence-corrected chi connectivity index (χ4v) is 1.21. The first-order valence-corrected chi connectivity index (χ1v) is 3.88. The number of halogens is 4. The van der Waals surface area contributed by atoms with Gasteiger partial charge in [-0.2, -0.15) is 13.2 Å². The first-order valence-electron chi connectivity index (χ1n) is 3.88. The zero-order valence-electron chi connectivity index (χ0n) is 7.24. The van der Waals surface area contributed by atoms with Crippen molar-refractivity contribution in [3.63, 3.8) is 0 Å². The quantitative estimate of drug-likeness (QED) is 0.642. The molecule has 0 unspecified atom stereocenters. The Bertz CT molecular complexity index is 338. The lowest BCUT2D eigenvalue weighted by Gasteiger charge is -2.12. The minimum absolute atomic E-state index is 0.183. The molecule has 0 spiro atoms. The second-order valence-corrected chi connectivity index (χ2v) is 2.71. The number of alkyl halides is 4. The van der Waals surface area contributed by atoms with Crippen molar-refractivity contribution in [1.82, 2.24) is 0 Å². The molecule has 0 nitrogen and oxygen atoms in total. The van der Waals surface area contributed by atoms with Crippen molar-refractivity contribution in [3.05, 3.63) is 41.5 Å². The third kappa shape index (κ3) is 1.95. The summed E-state index contributed by atoms with van der Waals surface area (Å²) in [6, 6.07) is 3.50.